The minimum atomic E-state index is -1.20. The highest BCUT2D eigenvalue weighted by atomic mass is 16.4. The van der Waals surface area contributed by atoms with E-state index >= 15 is 0 Å². The van der Waals surface area contributed by atoms with Gasteiger partial charge in [0.05, 0.1) is 5.52 Å². The molecule has 2 aromatic rings. The van der Waals surface area contributed by atoms with Gasteiger partial charge in [-0.2, -0.15) is 0 Å². The Morgan fingerprint density at radius 3 is 2.80 bits per heavy atom. The van der Waals surface area contributed by atoms with Gasteiger partial charge >= 0.3 is 5.97 Å². The summed E-state index contributed by atoms with van der Waals surface area (Å²) >= 11 is 0. The summed E-state index contributed by atoms with van der Waals surface area (Å²) in [5.41, 5.74) is 6.34. The highest BCUT2D eigenvalue weighted by Crippen LogP contribution is 2.17. The number of carbonyl (C=O) groups is 1. The summed E-state index contributed by atoms with van der Waals surface area (Å²) in [6.07, 6.45) is 1.39. The maximum Gasteiger partial charge on any atom is 0.341 e. The number of rotatable bonds is 5. The third-order valence-electron chi connectivity index (χ3n) is 3.13. The monoisotopic (exact) mass is 275 g/mol. The molecule has 0 aliphatic rings. The fourth-order valence-corrected chi connectivity index (χ4v) is 2.13. The summed E-state index contributed by atoms with van der Waals surface area (Å²) in [5, 5.41) is 12.6. The first-order chi connectivity index (χ1) is 9.58. The molecule has 0 unspecified atom stereocenters. The Kier molecular flexibility index (Phi) is 4.05. The van der Waals surface area contributed by atoms with Gasteiger partial charge in [0.2, 0.25) is 5.43 Å². The molecule has 0 atom stereocenters. The van der Waals surface area contributed by atoms with Crippen molar-refractivity contribution in [3.05, 3.63) is 40.2 Å². The number of aryl methyl sites for hydroxylation is 1. The normalized spacial score (nSPS) is 10.7. The number of nitrogens with two attached hydrogens (primary N) is 1. The van der Waals surface area contributed by atoms with Gasteiger partial charge in [-0.05, 0) is 25.1 Å². The van der Waals surface area contributed by atoms with Crippen molar-refractivity contribution in [1.82, 2.24) is 4.57 Å². The number of aromatic carboxylic acids is 1. The van der Waals surface area contributed by atoms with Gasteiger partial charge in [-0.1, -0.05) is 0 Å². The molecule has 0 radical (unpaired) electrons. The molecule has 0 saturated carbocycles. The third-order valence-corrected chi connectivity index (χ3v) is 3.13. The first-order valence-corrected chi connectivity index (χ1v) is 6.43. The van der Waals surface area contributed by atoms with E-state index in [1.54, 1.807) is 16.7 Å². The van der Waals surface area contributed by atoms with Crippen LogP contribution in [0, 0.1) is 0 Å². The second-order valence-electron chi connectivity index (χ2n) is 4.41. The van der Waals surface area contributed by atoms with Crippen LogP contribution in [0.15, 0.2) is 29.2 Å². The largest absolute Gasteiger partial charge is 0.477 e. The molecule has 106 valence electrons. The molecule has 2 rings (SSSR count). The summed E-state index contributed by atoms with van der Waals surface area (Å²) < 4.78 is 1.76. The number of benzene rings is 1. The van der Waals surface area contributed by atoms with Gasteiger partial charge in [0.15, 0.2) is 0 Å². The second-order valence-corrected chi connectivity index (χ2v) is 4.41. The van der Waals surface area contributed by atoms with Crippen LogP contribution < -0.4 is 16.5 Å². The standard InChI is InChI=1S/C14H17N3O3/c1-2-17-8-11(14(19)20)13(18)10-4-3-9(7-12(10)17)16-6-5-15/h3-4,7-8,16H,2,5-6,15H2,1H3,(H,19,20). The summed E-state index contributed by atoms with van der Waals surface area (Å²) in [4.78, 5) is 23.2. The number of pyridine rings is 1. The summed E-state index contributed by atoms with van der Waals surface area (Å²) in [6, 6.07) is 5.24. The quantitative estimate of drug-likeness (QED) is 0.759. The molecule has 0 aliphatic carbocycles. The zero-order chi connectivity index (χ0) is 14.7. The van der Waals surface area contributed by atoms with E-state index in [4.69, 9.17) is 10.8 Å². The summed E-state index contributed by atoms with van der Waals surface area (Å²) in [6.45, 7) is 3.62. The highest BCUT2D eigenvalue weighted by molar-refractivity contribution is 5.93. The van der Waals surface area contributed by atoms with Crippen LogP contribution in [-0.2, 0) is 6.54 Å². The fraction of sp³-hybridized carbons (Fsp3) is 0.286. The molecule has 0 saturated heterocycles. The molecule has 4 N–H and O–H groups in total. The predicted octanol–water partition coefficient (Wildman–Crippen LogP) is 1.09. The zero-order valence-electron chi connectivity index (χ0n) is 11.2. The lowest BCUT2D eigenvalue weighted by atomic mass is 10.1. The maximum absolute atomic E-state index is 12.1. The minimum Gasteiger partial charge on any atom is -0.477 e. The lowest BCUT2D eigenvalue weighted by Crippen LogP contribution is -2.19. The van der Waals surface area contributed by atoms with Crippen LogP contribution in [0.4, 0.5) is 5.69 Å². The Morgan fingerprint density at radius 1 is 1.45 bits per heavy atom. The van der Waals surface area contributed by atoms with Crippen molar-refractivity contribution in [2.45, 2.75) is 13.5 Å². The predicted molar refractivity (Wildman–Crippen MR) is 78.4 cm³/mol. The highest BCUT2D eigenvalue weighted by Gasteiger charge is 2.14. The number of nitrogens with zero attached hydrogens (tertiary/aromatic N) is 1. The Morgan fingerprint density at radius 2 is 2.20 bits per heavy atom. The van der Waals surface area contributed by atoms with Gasteiger partial charge < -0.3 is 20.7 Å². The van der Waals surface area contributed by atoms with E-state index in [9.17, 15) is 9.59 Å². The minimum absolute atomic E-state index is 0.206. The summed E-state index contributed by atoms with van der Waals surface area (Å²) in [7, 11) is 0. The molecule has 0 bridgehead atoms. The zero-order valence-corrected chi connectivity index (χ0v) is 11.2. The molecule has 0 aliphatic heterocycles. The Hall–Kier alpha value is -2.34. The van der Waals surface area contributed by atoms with Gasteiger partial charge in [0.25, 0.3) is 0 Å². The first kappa shape index (κ1) is 14.1. The van der Waals surface area contributed by atoms with E-state index in [0.717, 1.165) is 5.69 Å². The van der Waals surface area contributed by atoms with E-state index in [1.807, 2.05) is 13.0 Å². The molecule has 0 fully saturated rings. The van der Waals surface area contributed by atoms with Gasteiger partial charge in [0, 0.05) is 36.9 Å². The lowest BCUT2D eigenvalue weighted by Gasteiger charge is -2.12. The van der Waals surface area contributed by atoms with Crippen LogP contribution in [-0.4, -0.2) is 28.7 Å². The van der Waals surface area contributed by atoms with E-state index in [-0.39, 0.29) is 5.56 Å². The third kappa shape index (κ3) is 2.50. The second kappa shape index (κ2) is 5.75. The number of fused-ring (bicyclic) bond motifs is 1. The van der Waals surface area contributed by atoms with Gasteiger partial charge in [-0.25, -0.2) is 4.79 Å². The molecular weight excluding hydrogens is 258 g/mol. The number of aromatic nitrogens is 1. The Labute approximate surface area is 115 Å². The molecule has 1 aromatic heterocycles. The van der Waals surface area contributed by atoms with E-state index in [0.29, 0.717) is 30.5 Å². The molecule has 0 spiro atoms. The van der Waals surface area contributed by atoms with Crippen molar-refractivity contribution in [2.24, 2.45) is 5.73 Å². The number of hydrogen-bond acceptors (Lipinski definition) is 4. The van der Waals surface area contributed by atoms with Crippen LogP contribution in [0.5, 0.6) is 0 Å². The van der Waals surface area contributed by atoms with Crippen LogP contribution >= 0.6 is 0 Å². The van der Waals surface area contributed by atoms with Crippen molar-refractivity contribution in [3.63, 3.8) is 0 Å². The molecule has 0 amide bonds. The van der Waals surface area contributed by atoms with E-state index in [1.165, 1.54) is 6.20 Å². The topological polar surface area (TPSA) is 97.3 Å². The van der Waals surface area contributed by atoms with Crippen LogP contribution in [0.25, 0.3) is 10.9 Å². The van der Waals surface area contributed by atoms with Gasteiger partial charge in [-0.15, -0.1) is 0 Å². The Balaban J connectivity index is 2.66. The number of nitrogens with one attached hydrogen (secondary N) is 1. The maximum atomic E-state index is 12.1. The number of carboxylic acids is 1. The van der Waals surface area contributed by atoms with Crippen molar-refractivity contribution >= 4 is 22.6 Å². The molecular formula is C14H17N3O3. The van der Waals surface area contributed by atoms with Crippen molar-refractivity contribution < 1.29 is 9.90 Å². The summed E-state index contributed by atoms with van der Waals surface area (Å²) in [5.74, 6) is -1.20. The molecule has 20 heavy (non-hydrogen) atoms. The SMILES string of the molecule is CCn1cc(C(=O)O)c(=O)c2ccc(NCCN)cc21. The molecule has 1 heterocycles. The van der Waals surface area contributed by atoms with Crippen LogP contribution in [0.1, 0.15) is 17.3 Å². The fourth-order valence-electron chi connectivity index (χ4n) is 2.13. The lowest BCUT2D eigenvalue weighted by molar-refractivity contribution is 0.0695. The molecule has 6 heteroatoms. The van der Waals surface area contributed by atoms with Crippen molar-refractivity contribution in [3.8, 4) is 0 Å². The number of hydrogen-bond donors (Lipinski definition) is 3. The van der Waals surface area contributed by atoms with Gasteiger partial charge in [-0.3, -0.25) is 4.79 Å². The van der Waals surface area contributed by atoms with E-state index in [2.05, 4.69) is 5.32 Å². The van der Waals surface area contributed by atoms with Crippen LogP contribution in [0.3, 0.4) is 0 Å². The number of anilines is 1. The molecule has 6 nitrogen and oxygen atoms in total. The average molecular weight is 275 g/mol. The van der Waals surface area contributed by atoms with E-state index < -0.39 is 11.4 Å². The number of carboxylic acid groups (broad SMARTS) is 1. The van der Waals surface area contributed by atoms with Crippen molar-refractivity contribution in [2.75, 3.05) is 18.4 Å². The molecule has 1 aromatic carbocycles. The smallest absolute Gasteiger partial charge is 0.341 e. The first-order valence-electron chi connectivity index (χ1n) is 6.43. The van der Waals surface area contributed by atoms with Crippen molar-refractivity contribution in [1.29, 1.82) is 0 Å². The average Bonchev–Trinajstić information content (AvgIpc) is 2.45. The van der Waals surface area contributed by atoms with Crippen LogP contribution in [0.2, 0.25) is 0 Å². The Bertz CT molecular complexity index is 707. The van der Waals surface area contributed by atoms with Gasteiger partial charge in [0.1, 0.15) is 5.56 Å².